The van der Waals surface area contributed by atoms with Crippen molar-refractivity contribution in [3.05, 3.63) is 53.1 Å². The van der Waals surface area contributed by atoms with Crippen molar-refractivity contribution in [2.24, 2.45) is 5.73 Å². The SMILES string of the molecule is CCCn1ccnc1C(N)c1ccc2c(c1)CCC2. The molecule has 3 rings (SSSR count). The molecular formula is C16H21N3. The summed E-state index contributed by atoms with van der Waals surface area (Å²) in [5, 5.41) is 0. The van der Waals surface area contributed by atoms with Gasteiger partial charge in [0, 0.05) is 18.9 Å². The molecule has 0 spiro atoms. The van der Waals surface area contributed by atoms with Crippen LogP contribution in [-0.4, -0.2) is 9.55 Å². The van der Waals surface area contributed by atoms with Gasteiger partial charge in [0.2, 0.25) is 0 Å². The Morgan fingerprint density at radius 1 is 1.32 bits per heavy atom. The van der Waals surface area contributed by atoms with E-state index in [1.807, 2.05) is 12.4 Å². The van der Waals surface area contributed by atoms with Crippen LogP contribution in [0.3, 0.4) is 0 Å². The van der Waals surface area contributed by atoms with Gasteiger partial charge in [0.05, 0.1) is 6.04 Å². The first-order valence-corrected chi connectivity index (χ1v) is 7.18. The average molecular weight is 255 g/mol. The van der Waals surface area contributed by atoms with E-state index in [1.165, 1.54) is 36.0 Å². The first-order chi connectivity index (χ1) is 9.29. The molecule has 1 aromatic carbocycles. The van der Waals surface area contributed by atoms with Gasteiger partial charge in [-0.1, -0.05) is 25.1 Å². The van der Waals surface area contributed by atoms with E-state index in [9.17, 15) is 0 Å². The Kier molecular flexibility index (Phi) is 3.38. The summed E-state index contributed by atoms with van der Waals surface area (Å²) in [4.78, 5) is 4.44. The molecule has 1 unspecified atom stereocenters. The lowest BCUT2D eigenvalue weighted by Gasteiger charge is -2.15. The van der Waals surface area contributed by atoms with E-state index in [4.69, 9.17) is 5.73 Å². The third-order valence-corrected chi connectivity index (χ3v) is 3.97. The molecule has 3 nitrogen and oxygen atoms in total. The highest BCUT2D eigenvalue weighted by Crippen LogP contribution is 2.26. The molecule has 0 saturated heterocycles. The summed E-state index contributed by atoms with van der Waals surface area (Å²) in [7, 11) is 0. The van der Waals surface area contributed by atoms with Crippen molar-refractivity contribution in [3.63, 3.8) is 0 Å². The predicted molar refractivity (Wildman–Crippen MR) is 77.0 cm³/mol. The highest BCUT2D eigenvalue weighted by molar-refractivity contribution is 5.38. The molecule has 1 aliphatic carbocycles. The minimum absolute atomic E-state index is 0.118. The van der Waals surface area contributed by atoms with Crippen molar-refractivity contribution >= 4 is 0 Å². The van der Waals surface area contributed by atoms with Gasteiger partial charge >= 0.3 is 0 Å². The van der Waals surface area contributed by atoms with Crippen LogP contribution >= 0.6 is 0 Å². The topological polar surface area (TPSA) is 43.8 Å². The minimum atomic E-state index is -0.118. The van der Waals surface area contributed by atoms with Crippen LogP contribution in [0.5, 0.6) is 0 Å². The molecule has 3 heteroatoms. The minimum Gasteiger partial charge on any atom is -0.333 e. The Labute approximate surface area is 114 Å². The van der Waals surface area contributed by atoms with Gasteiger partial charge in [0.15, 0.2) is 0 Å². The molecule has 1 atom stereocenters. The number of nitrogens with two attached hydrogens (primary N) is 1. The highest BCUT2D eigenvalue weighted by atomic mass is 15.1. The molecule has 0 amide bonds. The molecule has 0 radical (unpaired) electrons. The summed E-state index contributed by atoms with van der Waals surface area (Å²) in [6.45, 7) is 3.15. The number of benzene rings is 1. The van der Waals surface area contributed by atoms with E-state index in [1.54, 1.807) is 0 Å². The Balaban J connectivity index is 1.90. The first-order valence-electron chi connectivity index (χ1n) is 7.18. The Hall–Kier alpha value is -1.61. The zero-order valence-electron chi connectivity index (χ0n) is 11.5. The van der Waals surface area contributed by atoms with Gasteiger partial charge in [-0.05, 0) is 42.4 Å². The van der Waals surface area contributed by atoms with Crippen LogP contribution in [0.4, 0.5) is 0 Å². The molecule has 0 saturated carbocycles. The average Bonchev–Trinajstić information content (AvgIpc) is 3.05. The van der Waals surface area contributed by atoms with Crippen molar-refractivity contribution in [3.8, 4) is 0 Å². The summed E-state index contributed by atoms with van der Waals surface area (Å²) in [5.74, 6) is 0.972. The quantitative estimate of drug-likeness (QED) is 0.913. The summed E-state index contributed by atoms with van der Waals surface area (Å²) >= 11 is 0. The third-order valence-electron chi connectivity index (χ3n) is 3.97. The van der Waals surface area contributed by atoms with Crippen LogP contribution in [0.1, 0.15) is 48.3 Å². The van der Waals surface area contributed by atoms with Gasteiger partial charge in [-0.15, -0.1) is 0 Å². The molecule has 1 aromatic heterocycles. The fourth-order valence-corrected chi connectivity index (χ4v) is 2.96. The lowest BCUT2D eigenvalue weighted by atomic mass is 10.0. The molecule has 0 bridgehead atoms. The van der Waals surface area contributed by atoms with Crippen LogP contribution in [-0.2, 0) is 19.4 Å². The molecule has 0 fully saturated rings. The fraction of sp³-hybridized carbons (Fsp3) is 0.438. The summed E-state index contributed by atoms with van der Waals surface area (Å²) in [5.41, 5.74) is 10.6. The normalized spacial score (nSPS) is 15.5. The monoisotopic (exact) mass is 255 g/mol. The van der Waals surface area contributed by atoms with Crippen LogP contribution in [0.15, 0.2) is 30.6 Å². The molecule has 100 valence electrons. The van der Waals surface area contributed by atoms with Crippen molar-refractivity contribution in [1.29, 1.82) is 0 Å². The van der Waals surface area contributed by atoms with E-state index >= 15 is 0 Å². The van der Waals surface area contributed by atoms with Crippen molar-refractivity contribution in [2.45, 2.75) is 45.2 Å². The zero-order valence-corrected chi connectivity index (χ0v) is 11.5. The maximum atomic E-state index is 6.40. The number of imidazole rings is 1. The van der Waals surface area contributed by atoms with Gasteiger partial charge in [0.1, 0.15) is 5.82 Å². The first kappa shape index (κ1) is 12.4. The predicted octanol–water partition coefficient (Wildman–Crippen LogP) is 2.83. The maximum absolute atomic E-state index is 6.40. The van der Waals surface area contributed by atoms with Gasteiger partial charge < -0.3 is 10.3 Å². The van der Waals surface area contributed by atoms with E-state index in [0.717, 1.165) is 18.8 Å². The number of aromatic nitrogens is 2. The summed E-state index contributed by atoms with van der Waals surface area (Å²) < 4.78 is 2.16. The number of hydrogen-bond donors (Lipinski definition) is 1. The number of nitrogens with zero attached hydrogens (tertiary/aromatic N) is 2. The van der Waals surface area contributed by atoms with Gasteiger partial charge in [0.25, 0.3) is 0 Å². The Morgan fingerprint density at radius 2 is 2.16 bits per heavy atom. The fourth-order valence-electron chi connectivity index (χ4n) is 2.96. The number of rotatable bonds is 4. The van der Waals surface area contributed by atoms with Crippen molar-refractivity contribution in [1.82, 2.24) is 9.55 Å². The zero-order chi connectivity index (χ0) is 13.2. The second-order valence-corrected chi connectivity index (χ2v) is 5.34. The molecule has 2 aromatic rings. The molecule has 0 aliphatic heterocycles. The Morgan fingerprint density at radius 3 is 3.00 bits per heavy atom. The number of hydrogen-bond acceptors (Lipinski definition) is 2. The van der Waals surface area contributed by atoms with Crippen LogP contribution in [0.25, 0.3) is 0 Å². The van der Waals surface area contributed by atoms with Crippen LogP contribution in [0.2, 0.25) is 0 Å². The molecule has 19 heavy (non-hydrogen) atoms. The van der Waals surface area contributed by atoms with Crippen molar-refractivity contribution in [2.75, 3.05) is 0 Å². The smallest absolute Gasteiger partial charge is 0.130 e. The van der Waals surface area contributed by atoms with Gasteiger partial charge in [-0.3, -0.25) is 0 Å². The molecule has 2 N–H and O–H groups in total. The van der Waals surface area contributed by atoms with Gasteiger partial charge in [-0.25, -0.2) is 4.98 Å². The standard InChI is InChI=1S/C16H21N3/c1-2-9-19-10-8-18-16(19)15(17)14-7-6-12-4-3-5-13(12)11-14/h6-8,10-11,15H,2-5,9,17H2,1H3. The second-order valence-electron chi connectivity index (χ2n) is 5.34. The van der Waals surface area contributed by atoms with E-state index in [-0.39, 0.29) is 6.04 Å². The lowest BCUT2D eigenvalue weighted by Crippen LogP contribution is -2.18. The second kappa shape index (κ2) is 5.17. The largest absolute Gasteiger partial charge is 0.333 e. The van der Waals surface area contributed by atoms with Crippen LogP contribution in [0, 0.1) is 0 Å². The summed E-state index contributed by atoms with van der Waals surface area (Å²) in [6, 6.07) is 6.56. The van der Waals surface area contributed by atoms with E-state index < -0.39 is 0 Å². The molecule has 1 heterocycles. The number of aryl methyl sites for hydroxylation is 3. The molecule has 1 aliphatic rings. The third kappa shape index (κ3) is 2.30. The summed E-state index contributed by atoms with van der Waals surface area (Å²) in [6.07, 6.45) is 8.65. The lowest BCUT2D eigenvalue weighted by molar-refractivity contribution is 0.612. The highest BCUT2D eigenvalue weighted by Gasteiger charge is 2.17. The Bertz CT molecular complexity index is 571. The number of fused-ring (bicyclic) bond motifs is 1. The van der Waals surface area contributed by atoms with Crippen LogP contribution < -0.4 is 5.73 Å². The molecular weight excluding hydrogens is 234 g/mol. The maximum Gasteiger partial charge on any atom is 0.130 e. The van der Waals surface area contributed by atoms with Gasteiger partial charge in [-0.2, -0.15) is 0 Å². The van der Waals surface area contributed by atoms with E-state index in [0.29, 0.717) is 0 Å². The van der Waals surface area contributed by atoms with Crippen molar-refractivity contribution < 1.29 is 0 Å². The van der Waals surface area contributed by atoms with E-state index in [2.05, 4.69) is 34.7 Å².